The molecule has 0 radical (unpaired) electrons. The molecule has 1 saturated carbocycles. The maximum absolute atomic E-state index is 12.3. The number of nitrogens with zero attached hydrogens (tertiary/aromatic N) is 3. The van der Waals surface area contributed by atoms with Crippen LogP contribution in [0.2, 0.25) is 0 Å². The summed E-state index contributed by atoms with van der Waals surface area (Å²) in [7, 11) is 0. The van der Waals surface area contributed by atoms with Crippen LogP contribution in [0.15, 0.2) is 6.20 Å². The van der Waals surface area contributed by atoms with Crippen LogP contribution in [0.1, 0.15) is 76.5 Å². The van der Waals surface area contributed by atoms with Crippen LogP contribution in [-0.4, -0.2) is 46.5 Å². The minimum Gasteiger partial charge on any atom is -0.371 e. The Morgan fingerprint density at radius 3 is 2.88 bits per heavy atom. The number of fused-ring (bicyclic) bond motifs is 1. The van der Waals surface area contributed by atoms with Gasteiger partial charge in [-0.15, -0.1) is 22.7 Å². The van der Waals surface area contributed by atoms with Crippen LogP contribution in [0.5, 0.6) is 0 Å². The normalized spacial score (nSPS) is 26.2. The van der Waals surface area contributed by atoms with E-state index >= 15 is 0 Å². The third kappa shape index (κ3) is 5.58. The fourth-order valence-electron chi connectivity index (χ4n) is 5.26. The number of carbonyl (C=O) groups is 1. The minimum atomic E-state index is 0.145. The second-order valence-corrected chi connectivity index (χ2v) is 12.0. The van der Waals surface area contributed by atoms with Crippen molar-refractivity contribution in [3.8, 4) is 0 Å². The molecule has 1 aliphatic carbocycles. The predicted molar refractivity (Wildman–Crippen MR) is 128 cm³/mol. The molecule has 5 rings (SSSR count). The topological polar surface area (TPSA) is 67.4 Å². The summed E-state index contributed by atoms with van der Waals surface area (Å²) >= 11 is 3.50. The van der Waals surface area contributed by atoms with Gasteiger partial charge in [0.25, 0.3) is 0 Å². The zero-order valence-electron chi connectivity index (χ0n) is 19.0. The van der Waals surface area contributed by atoms with Crippen molar-refractivity contribution in [3.63, 3.8) is 0 Å². The number of thiazole rings is 2. The number of nitrogens with one attached hydrogen (secondary N) is 1. The number of carbonyl (C=O) groups excluding carboxylic acids is 1. The van der Waals surface area contributed by atoms with Crippen LogP contribution in [0.4, 0.5) is 0 Å². The lowest BCUT2D eigenvalue weighted by Crippen LogP contribution is -2.39. The average molecular weight is 475 g/mol. The van der Waals surface area contributed by atoms with Gasteiger partial charge >= 0.3 is 0 Å². The lowest BCUT2D eigenvalue weighted by molar-refractivity contribution is -0.121. The van der Waals surface area contributed by atoms with Gasteiger partial charge in [0.15, 0.2) is 0 Å². The first kappa shape index (κ1) is 22.4. The van der Waals surface area contributed by atoms with Gasteiger partial charge in [0, 0.05) is 41.7 Å². The highest BCUT2D eigenvalue weighted by atomic mass is 32.1. The molecule has 1 amide bonds. The lowest BCUT2D eigenvalue weighted by atomic mass is 9.84. The highest BCUT2D eigenvalue weighted by Gasteiger charge is 2.27. The molecular formula is C24H34N4O2S2. The molecule has 2 aromatic heterocycles. The molecule has 3 aliphatic rings. The Morgan fingerprint density at radius 2 is 2.12 bits per heavy atom. The van der Waals surface area contributed by atoms with Gasteiger partial charge in [-0.25, -0.2) is 9.97 Å². The van der Waals surface area contributed by atoms with Crippen LogP contribution < -0.4 is 5.32 Å². The van der Waals surface area contributed by atoms with Crippen LogP contribution in [0.25, 0.3) is 0 Å². The Bertz CT molecular complexity index is 913. The van der Waals surface area contributed by atoms with E-state index in [9.17, 15) is 4.79 Å². The van der Waals surface area contributed by atoms with Gasteiger partial charge in [-0.1, -0.05) is 0 Å². The Hall–Kier alpha value is -1.35. The summed E-state index contributed by atoms with van der Waals surface area (Å²) in [5.41, 5.74) is 1.30. The Morgan fingerprint density at radius 1 is 1.25 bits per heavy atom. The highest BCUT2D eigenvalue weighted by Crippen LogP contribution is 2.35. The van der Waals surface area contributed by atoms with Crippen molar-refractivity contribution in [1.29, 1.82) is 0 Å². The highest BCUT2D eigenvalue weighted by molar-refractivity contribution is 7.12. The molecule has 8 heteroatoms. The summed E-state index contributed by atoms with van der Waals surface area (Å²) in [6.07, 6.45) is 11.9. The predicted octanol–water partition coefficient (Wildman–Crippen LogP) is 4.43. The van der Waals surface area contributed by atoms with E-state index in [-0.39, 0.29) is 12.0 Å². The molecule has 0 aromatic carbocycles. The summed E-state index contributed by atoms with van der Waals surface area (Å²) in [6, 6.07) is 0.344. The molecule has 0 bridgehead atoms. The first-order valence-corrected chi connectivity index (χ1v) is 13.8. The summed E-state index contributed by atoms with van der Waals surface area (Å²) in [5, 5.41) is 5.48. The van der Waals surface area contributed by atoms with Gasteiger partial charge in [-0.05, 0) is 70.8 Å². The second kappa shape index (κ2) is 10.3. The molecule has 2 fully saturated rings. The monoisotopic (exact) mass is 474 g/mol. The fourth-order valence-corrected chi connectivity index (χ4v) is 7.20. The fraction of sp³-hybridized carbons (Fsp3) is 0.708. The van der Waals surface area contributed by atoms with Crippen molar-refractivity contribution in [2.45, 2.75) is 83.4 Å². The van der Waals surface area contributed by atoms with Crippen LogP contribution in [0, 0.1) is 12.8 Å². The molecule has 4 heterocycles. The molecule has 1 saturated heterocycles. The van der Waals surface area contributed by atoms with Crippen LogP contribution in [-0.2, 0) is 28.9 Å². The van der Waals surface area contributed by atoms with Crippen molar-refractivity contribution >= 4 is 28.6 Å². The number of rotatable bonds is 7. The Balaban J connectivity index is 1.02. The van der Waals surface area contributed by atoms with E-state index in [4.69, 9.17) is 9.72 Å². The van der Waals surface area contributed by atoms with Crippen molar-refractivity contribution in [1.82, 2.24) is 20.2 Å². The summed E-state index contributed by atoms with van der Waals surface area (Å²) in [4.78, 5) is 26.7. The molecule has 1 unspecified atom stereocenters. The Kier molecular flexibility index (Phi) is 7.21. The standard InChI is InChI=1S/C24H34N4O2S2/c1-16-25-14-19(31-16)13-23(29)26-18-6-4-17(5-7-18)8-10-28-11-9-22-20(15-28)27-24(32-22)21-3-2-12-30-21/h14,17-18,21H,2-13,15H2,1H3,(H,26,29)/t17-,18-,21?. The third-order valence-electron chi connectivity index (χ3n) is 7.10. The van der Waals surface area contributed by atoms with E-state index < -0.39 is 0 Å². The van der Waals surface area contributed by atoms with Crippen LogP contribution in [0.3, 0.4) is 0 Å². The third-order valence-corrected chi connectivity index (χ3v) is 9.26. The lowest BCUT2D eigenvalue weighted by Gasteiger charge is -2.32. The van der Waals surface area contributed by atoms with Gasteiger partial charge in [-0.3, -0.25) is 9.69 Å². The van der Waals surface area contributed by atoms with E-state index in [1.165, 1.54) is 47.8 Å². The van der Waals surface area contributed by atoms with Crippen molar-refractivity contribution in [2.75, 3.05) is 19.7 Å². The maximum atomic E-state index is 12.3. The molecule has 0 spiro atoms. The summed E-state index contributed by atoms with van der Waals surface area (Å²) in [6.45, 7) is 6.19. The molecule has 6 nitrogen and oxygen atoms in total. The number of hydrogen-bond acceptors (Lipinski definition) is 7. The Labute approximate surface area is 198 Å². The number of aryl methyl sites for hydroxylation is 1. The van der Waals surface area contributed by atoms with E-state index in [0.717, 1.165) is 61.2 Å². The molecular weight excluding hydrogens is 440 g/mol. The number of hydrogen-bond donors (Lipinski definition) is 1. The molecule has 32 heavy (non-hydrogen) atoms. The summed E-state index contributed by atoms with van der Waals surface area (Å²) in [5.74, 6) is 0.929. The largest absolute Gasteiger partial charge is 0.371 e. The number of aromatic nitrogens is 2. The quantitative estimate of drug-likeness (QED) is 0.643. The number of amides is 1. The van der Waals surface area contributed by atoms with E-state index in [0.29, 0.717) is 12.5 Å². The molecule has 1 atom stereocenters. The van der Waals surface area contributed by atoms with Gasteiger partial charge in [0.05, 0.1) is 17.1 Å². The molecule has 1 N–H and O–H groups in total. The first-order valence-electron chi connectivity index (χ1n) is 12.2. The minimum absolute atomic E-state index is 0.145. The van der Waals surface area contributed by atoms with Crippen molar-refractivity contribution < 1.29 is 9.53 Å². The SMILES string of the molecule is Cc1ncc(CC(=O)N[C@H]2CC[C@H](CCN3CCc4sc(C5CCCO5)nc4C3)CC2)s1. The van der Waals surface area contributed by atoms with E-state index in [2.05, 4.69) is 15.2 Å². The smallest absolute Gasteiger partial charge is 0.225 e. The zero-order valence-corrected chi connectivity index (χ0v) is 20.6. The molecule has 2 aromatic rings. The van der Waals surface area contributed by atoms with E-state index in [1.54, 1.807) is 11.3 Å². The van der Waals surface area contributed by atoms with Crippen LogP contribution >= 0.6 is 22.7 Å². The molecule has 2 aliphatic heterocycles. The summed E-state index contributed by atoms with van der Waals surface area (Å²) < 4.78 is 5.84. The van der Waals surface area contributed by atoms with Gasteiger partial charge in [-0.2, -0.15) is 0 Å². The van der Waals surface area contributed by atoms with Gasteiger partial charge < -0.3 is 10.1 Å². The van der Waals surface area contributed by atoms with Crippen molar-refractivity contribution in [2.24, 2.45) is 5.92 Å². The van der Waals surface area contributed by atoms with E-state index in [1.807, 2.05) is 24.5 Å². The zero-order chi connectivity index (χ0) is 21.9. The second-order valence-electron chi connectivity index (χ2n) is 9.55. The molecule has 174 valence electrons. The first-order chi connectivity index (χ1) is 15.6. The van der Waals surface area contributed by atoms with Crippen molar-refractivity contribution in [3.05, 3.63) is 31.7 Å². The maximum Gasteiger partial charge on any atom is 0.225 e. The number of ether oxygens (including phenoxy) is 1. The van der Waals surface area contributed by atoms with Gasteiger partial charge in [0.2, 0.25) is 5.91 Å². The van der Waals surface area contributed by atoms with Gasteiger partial charge in [0.1, 0.15) is 11.1 Å². The average Bonchev–Trinajstić information content (AvgIpc) is 3.53.